The highest BCUT2D eigenvalue weighted by molar-refractivity contribution is 6.04. The summed E-state index contributed by atoms with van der Waals surface area (Å²) < 4.78 is 21.3. The highest BCUT2D eigenvalue weighted by Crippen LogP contribution is 2.41. The summed E-state index contributed by atoms with van der Waals surface area (Å²) in [6, 6.07) is 8.75. The van der Waals surface area contributed by atoms with E-state index < -0.39 is 5.97 Å². The number of nitrogens with one attached hydrogen (secondary N) is 3. The van der Waals surface area contributed by atoms with Crippen molar-refractivity contribution in [3.63, 3.8) is 0 Å². The molecule has 0 bridgehead atoms. The van der Waals surface area contributed by atoms with Gasteiger partial charge in [0.25, 0.3) is 0 Å². The molecule has 0 aliphatic heterocycles. The molecule has 0 saturated heterocycles. The Hall–Kier alpha value is -3.88. The van der Waals surface area contributed by atoms with Crippen molar-refractivity contribution >= 4 is 39.8 Å². The third kappa shape index (κ3) is 4.66. The van der Waals surface area contributed by atoms with Crippen molar-refractivity contribution < 1.29 is 28.5 Å². The van der Waals surface area contributed by atoms with Crippen molar-refractivity contribution in [1.82, 2.24) is 4.98 Å². The fourth-order valence-electron chi connectivity index (χ4n) is 3.24. The van der Waals surface area contributed by atoms with Crippen LogP contribution in [0.2, 0.25) is 0 Å². The maximum Gasteiger partial charge on any atom is 0.354 e. The van der Waals surface area contributed by atoms with Gasteiger partial charge >= 0.3 is 5.97 Å². The van der Waals surface area contributed by atoms with Crippen molar-refractivity contribution in [3.05, 3.63) is 36.0 Å². The van der Waals surface area contributed by atoms with Crippen LogP contribution in [0.4, 0.5) is 17.1 Å². The average molecular weight is 427 g/mol. The first-order valence-electron chi connectivity index (χ1n) is 9.58. The second kappa shape index (κ2) is 9.29. The number of ether oxygens (including phenoxy) is 4. The first-order valence-corrected chi connectivity index (χ1v) is 9.58. The first-order chi connectivity index (χ1) is 14.9. The molecule has 3 N–H and O–H groups in total. The Morgan fingerprint density at radius 3 is 2.16 bits per heavy atom. The summed E-state index contributed by atoms with van der Waals surface area (Å²) in [6.07, 6.45) is 0. The minimum atomic E-state index is -0.460. The number of amides is 1. The number of anilines is 3. The minimum Gasteiger partial charge on any atom is -0.493 e. The number of hydrogen-bond acceptors (Lipinski definition) is 7. The maximum atomic E-state index is 12.2. The smallest absolute Gasteiger partial charge is 0.354 e. The zero-order chi connectivity index (χ0) is 22.5. The van der Waals surface area contributed by atoms with E-state index >= 15 is 0 Å². The molecule has 2 aromatic carbocycles. The summed E-state index contributed by atoms with van der Waals surface area (Å²) in [6.45, 7) is 3.43. The predicted octanol–water partition coefficient (Wildman–Crippen LogP) is 4.07. The van der Waals surface area contributed by atoms with Gasteiger partial charge in [-0.3, -0.25) is 4.79 Å². The van der Waals surface area contributed by atoms with Crippen LogP contribution in [0.1, 0.15) is 24.3 Å². The molecule has 0 aliphatic rings. The van der Waals surface area contributed by atoms with E-state index in [1.807, 2.05) is 0 Å². The maximum absolute atomic E-state index is 12.2. The number of methoxy groups -OCH3 is 3. The number of carbonyl (C=O) groups is 2. The van der Waals surface area contributed by atoms with Gasteiger partial charge in [-0.2, -0.15) is 0 Å². The molecule has 0 spiro atoms. The van der Waals surface area contributed by atoms with Crippen LogP contribution in [-0.2, 0) is 9.53 Å². The van der Waals surface area contributed by atoms with E-state index in [9.17, 15) is 9.59 Å². The fourth-order valence-corrected chi connectivity index (χ4v) is 3.24. The topological polar surface area (TPSA) is 111 Å². The number of rotatable bonds is 8. The first kappa shape index (κ1) is 21.8. The largest absolute Gasteiger partial charge is 0.493 e. The van der Waals surface area contributed by atoms with Gasteiger partial charge in [0, 0.05) is 35.8 Å². The second-order valence-electron chi connectivity index (χ2n) is 6.61. The lowest BCUT2D eigenvalue weighted by Gasteiger charge is -2.16. The lowest BCUT2D eigenvalue weighted by molar-refractivity contribution is -0.114. The molecular formula is C22H25N3O6. The summed E-state index contributed by atoms with van der Waals surface area (Å²) in [5.41, 5.74) is 2.85. The van der Waals surface area contributed by atoms with Gasteiger partial charge in [-0.1, -0.05) is 0 Å². The molecule has 164 valence electrons. The highest BCUT2D eigenvalue weighted by Gasteiger charge is 2.17. The molecule has 0 radical (unpaired) electrons. The molecule has 1 aromatic heterocycles. The Balaban J connectivity index is 2.11. The van der Waals surface area contributed by atoms with Gasteiger partial charge in [-0.25, -0.2) is 4.79 Å². The molecule has 0 unspecified atom stereocenters. The summed E-state index contributed by atoms with van der Waals surface area (Å²) in [4.78, 5) is 26.8. The van der Waals surface area contributed by atoms with E-state index in [1.165, 1.54) is 28.3 Å². The Bertz CT molecular complexity index is 1100. The van der Waals surface area contributed by atoms with Crippen LogP contribution in [0.15, 0.2) is 30.3 Å². The normalized spacial score (nSPS) is 10.5. The van der Waals surface area contributed by atoms with Crippen LogP contribution in [-0.4, -0.2) is 44.8 Å². The molecule has 0 fully saturated rings. The van der Waals surface area contributed by atoms with Crippen LogP contribution < -0.4 is 24.8 Å². The quantitative estimate of drug-likeness (QED) is 0.465. The van der Waals surface area contributed by atoms with E-state index in [2.05, 4.69) is 15.6 Å². The SMILES string of the molecule is CCOC(=O)c1cc2c(Nc3cc(OC)c(OC)c(OC)c3)cc(NC(C)=O)cc2[nH]1. The van der Waals surface area contributed by atoms with Crippen LogP contribution in [0.25, 0.3) is 10.9 Å². The Morgan fingerprint density at radius 1 is 0.935 bits per heavy atom. The predicted molar refractivity (Wildman–Crippen MR) is 118 cm³/mol. The summed E-state index contributed by atoms with van der Waals surface area (Å²) >= 11 is 0. The van der Waals surface area contributed by atoms with Crippen molar-refractivity contribution in [2.75, 3.05) is 38.6 Å². The van der Waals surface area contributed by atoms with Crippen molar-refractivity contribution in [2.45, 2.75) is 13.8 Å². The number of benzene rings is 2. The third-order valence-electron chi connectivity index (χ3n) is 4.50. The Labute approximate surface area is 179 Å². The number of carbonyl (C=O) groups excluding carboxylic acids is 2. The second-order valence-corrected chi connectivity index (χ2v) is 6.61. The average Bonchev–Trinajstić information content (AvgIpc) is 3.17. The molecule has 9 nitrogen and oxygen atoms in total. The van der Waals surface area contributed by atoms with Crippen LogP contribution in [0, 0.1) is 0 Å². The van der Waals surface area contributed by atoms with Crippen molar-refractivity contribution in [3.8, 4) is 17.2 Å². The standard InChI is InChI=1S/C22H25N3O6/c1-6-31-22(27)18-11-15-16(7-13(23-12(2)26)8-17(15)25-18)24-14-9-19(28-3)21(30-5)20(10-14)29-4/h7-11,24-25H,6H2,1-5H3,(H,23,26). The van der Waals surface area contributed by atoms with Crippen LogP contribution in [0.5, 0.6) is 17.2 Å². The molecule has 0 atom stereocenters. The zero-order valence-electron chi connectivity index (χ0n) is 18.0. The summed E-state index contributed by atoms with van der Waals surface area (Å²) in [7, 11) is 4.60. The summed E-state index contributed by atoms with van der Waals surface area (Å²) in [5.74, 6) is 0.771. The van der Waals surface area contributed by atoms with Crippen LogP contribution in [0.3, 0.4) is 0 Å². The van der Waals surface area contributed by atoms with E-state index in [-0.39, 0.29) is 12.5 Å². The molecular weight excluding hydrogens is 402 g/mol. The molecule has 1 heterocycles. The lowest BCUT2D eigenvalue weighted by Crippen LogP contribution is -2.06. The van der Waals surface area contributed by atoms with E-state index in [4.69, 9.17) is 18.9 Å². The monoisotopic (exact) mass is 427 g/mol. The van der Waals surface area contributed by atoms with Gasteiger partial charge in [0.1, 0.15) is 5.69 Å². The molecule has 31 heavy (non-hydrogen) atoms. The molecule has 0 saturated carbocycles. The van der Waals surface area contributed by atoms with Gasteiger partial charge in [0.15, 0.2) is 11.5 Å². The number of H-pyrrole nitrogens is 1. The van der Waals surface area contributed by atoms with Gasteiger partial charge < -0.3 is 34.6 Å². The third-order valence-corrected chi connectivity index (χ3v) is 4.50. The van der Waals surface area contributed by atoms with Crippen LogP contribution >= 0.6 is 0 Å². The number of esters is 1. The Morgan fingerprint density at radius 2 is 1.61 bits per heavy atom. The molecule has 3 rings (SSSR count). The molecule has 1 amide bonds. The van der Waals surface area contributed by atoms with E-state index in [0.717, 1.165) is 5.39 Å². The number of fused-ring (bicyclic) bond motifs is 1. The highest BCUT2D eigenvalue weighted by atomic mass is 16.5. The van der Waals surface area contributed by atoms with Gasteiger partial charge in [-0.15, -0.1) is 0 Å². The number of aromatic amines is 1. The van der Waals surface area contributed by atoms with E-state index in [0.29, 0.717) is 45.5 Å². The van der Waals surface area contributed by atoms with Gasteiger partial charge in [0.05, 0.1) is 39.1 Å². The van der Waals surface area contributed by atoms with E-state index in [1.54, 1.807) is 37.3 Å². The van der Waals surface area contributed by atoms with Crippen molar-refractivity contribution in [2.24, 2.45) is 0 Å². The number of hydrogen-bond donors (Lipinski definition) is 3. The van der Waals surface area contributed by atoms with Gasteiger partial charge in [-0.05, 0) is 25.1 Å². The number of aromatic nitrogens is 1. The minimum absolute atomic E-state index is 0.213. The lowest BCUT2D eigenvalue weighted by atomic mass is 10.1. The zero-order valence-corrected chi connectivity index (χ0v) is 18.0. The molecule has 3 aromatic rings. The molecule has 9 heteroatoms. The molecule has 0 aliphatic carbocycles. The Kier molecular flexibility index (Phi) is 6.54. The van der Waals surface area contributed by atoms with Gasteiger partial charge in [0.2, 0.25) is 11.7 Å². The van der Waals surface area contributed by atoms with Crippen molar-refractivity contribution in [1.29, 1.82) is 0 Å². The fraction of sp³-hybridized carbons (Fsp3) is 0.273. The summed E-state index contributed by atoms with van der Waals surface area (Å²) in [5, 5.41) is 6.81.